The third-order valence-corrected chi connectivity index (χ3v) is 47.8. The van der Waals surface area contributed by atoms with Gasteiger partial charge in [-0.05, 0) is 239 Å². The van der Waals surface area contributed by atoms with E-state index >= 15 is 0 Å². The van der Waals surface area contributed by atoms with Gasteiger partial charge in [-0.25, -0.2) is 0 Å². The fraction of sp³-hybridized carbons (Fsp3) is 0.943. The maximum absolute atomic E-state index is 12.2. The molecule has 0 aliphatic heterocycles. The summed E-state index contributed by atoms with van der Waals surface area (Å²) >= 11 is 0. The molecule has 0 N–H and O–H groups in total. The molecule has 0 rings (SSSR count). The van der Waals surface area contributed by atoms with Crippen LogP contribution in [0.15, 0.2) is 0 Å². The number of rotatable bonds is 46. The van der Waals surface area contributed by atoms with Gasteiger partial charge in [0.1, 0.15) is 0 Å². The van der Waals surface area contributed by atoms with E-state index in [-0.39, 0.29) is 72.5 Å². The molecule has 0 aliphatic rings. The highest BCUT2D eigenvalue weighted by atomic mass is 28.4. The Morgan fingerprint density at radius 3 is 0.686 bits per heavy atom. The minimum atomic E-state index is -1.84. The third kappa shape index (κ3) is 38.9. The van der Waals surface area contributed by atoms with Crippen LogP contribution in [0.2, 0.25) is 68.5 Å². The van der Waals surface area contributed by atoms with Gasteiger partial charge in [-0.2, -0.15) is 0 Å². The standard InChI is InChI=1S/2C19H40O3Si.C18H38O3Si.C17H36O3Si.C13H26O2.CH4/c1-14(2)19(9,10)18(20)21-12-11-13-23(16(5)6,17(7)8)22-15(3)4;1-10-12-22-23(16(4)5,17(6)7)14-11-13-21-18(20)19(8,9)15(2)3;1-10-21-22(15(4)5,16(6)7)13-11-12-20-17(19)18(8,9)14(2)3;1-13(2)17(7,8)16(18)20-11-10-12-21(19-9,14(3)4)15(5)6;1-10(2)8-7-9-15-12(14)13(5,6)11(3)4;/h14-17H,11-13H2,1-10H3;15-17H,10-14H2,1-9H3;14-16H,10-13H2,1-9H3;13-15H,10-12H2,1-9H3;10-11H,7-9H2,1-6H3;1H4. The maximum Gasteiger partial charge on any atom is 0.311 e. The van der Waals surface area contributed by atoms with Gasteiger partial charge in [-0.1, -0.05) is 208 Å². The topological polar surface area (TPSA) is 168 Å². The SMILES string of the molecule is C.CC(C)CCCOC(=O)C(C)(C)C(C)C.CC(C)O[Si](CCCOC(=O)C(C)(C)C(C)C)(C(C)C)C(C)C.CCCO[Si](CCCOC(=O)C(C)(C)C(C)C)(C(C)C)C(C)C.CCO[Si](CCCOC(=O)C(C)(C)C(C)C)(C(C)C)C(C)C.CO[Si](CCCOC(=O)C(C)(C)C(C)C)(C(C)C)C(C)C. The second-order valence-corrected chi connectivity index (χ2v) is 57.8. The van der Waals surface area contributed by atoms with Crippen molar-refractivity contribution in [3.8, 4) is 0 Å². The Morgan fingerprint density at radius 1 is 0.295 bits per heavy atom. The molecule has 0 heterocycles. The van der Waals surface area contributed by atoms with E-state index in [0.717, 1.165) is 82.3 Å². The van der Waals surface area contributed by atoms with Crippen LogP contribution in [0.1, 0.15) is 343 Å². The van der Waals surface area contributed by atoms with E-state index in [1.165, 1.54) is 0 Å². The quantitative estimate of drug-likeness (QED) is 0.0244. The first kappa shape index (κ1) is 114. The van der Waals surface area contributed by atoms with E-state index in [1.807, 2.05) is 76.3 Å². The van der Waals surface area contributed by atoms with E-state index in [0.29, 0.717) is 89.2 Å². The van der Waals surface area contributed by atoms with Gasteiger partial charge in [0.05, 0.1) is 60.1 Å². The number of hydrogen-bond donors (Lipinski definition) is 0. The van der Waals surface area contributed by atoms with Gasteiger partial charge in [0, 0.05) is 26.4 Å². The predicted molar refractivity (Wildman–Crippen MR) is 461 cm³/mol. The number of ether oxygens (including phenoxy) is 5. The minimum Gasteiger partial charge on any atom is -0.465 e. The number of carbonyl (C=O) groups is 5. The van der Waals surface area contributed by atoms with Crippen LogP contribution in [-0.4, -0.2) is 123 Å². The minimum absolute atomic E-state index is 0. The van der Waals surface area contributed by atoms with Crippen molar-refractivity contribution in [2.75, 3.05) is 53.4 Å². The summed E-state index contributed by atoms with van der Waals surface area (Å²) < 4.78 is 52.5. The van der Waals surface area contributed by atoms with Gasteiger partial charge in [0.15, 0.2) is 33.3 Å². The average molecular weight is 1570 g/mol. The van der Waals surface area contributed by atoms with E-state index in [4.69, 9.17) is 41.4 Å². The summed E-state index contributed by atoms with van der Waals surface area (Å²) in [7, 11) is -5.34. The fourth-order valence-corrected chi connectivity index (χ4v) is 30.7. The smallest absolute Gasteiger partial charge is 0.311 e. The van der Waals surface area contributed by atoms with Gasteiger partial charge < -0.3 is 41.4 Å². The molecule has 0 saturated heterocycles. The molecule has 105 heavy (non-hydrogen) atoms. The average Bonchev–Trinajstić information content (AvgIpc) is 0.833. The third-order valence-electron chi connectivity index (χ3n) is 24.4. The molecule has 0 aromatic heterocycles. The Labute approximate surface area is 658 Å². The van der Waals surface area contributed by atoms with E-state index in [2.05, 4.69) is 222 Å². The van der Waals surface area contributed by atoms with E-state index < -0.39 is 54.9 Å². The van der Waals surface area contributed by atoms with Gasteiger partial charge in [-0.3, -0.25) is 24.0 Å². The van der Waals surface area contributed by atoms with Crippen LogP contribution in [0.25, 0.3) is 0 Å². The van der Waals surface area contributed by atoms with Gasteiger partial charge in [0.2, 0.25) is 0 Å². The molecule has 632 valence electrons. The van der Waals surface area contributed by atoms with Crippen molar-refractivity contribution in [1.82, 2.24) is 0 Å². The van der Waals surface area contributed by atoms with Gasteiger partial charge in [-0.15, -0.1) is 0 Å². The molecule has 0 aliphatic carbocycles. The van der Waals surface area contributed by atoms with Crippen LogP contribution in [-0.2, 0) is 65.4 Å². The van der Waals surface area contributed by atoms with Crippen molar-refractivity contribution < 1.29 is 65.4 Å². The molecule has 0 atom stereocenters. The fourth-order valence-electron chi connectivity index (χ4n) is 12.5. The molecular formula is C87H184O14Si4. The van der Waals surface area contributed by atoms with Crippen molar-refractivity contribution in [3.63, 3.8) is 0 Å². The van der Waals surface area contributed by atoms with Crippen molar-refractivity contribution in [1.29, 1.82) is 0 Å². The van der Waals surface area contributed by atoms with Crippen molar-refractivity contribution in [3.05, 3.63) is 0 Å². The Balaban J connectivity index is -0.000000293. The zero-order valence-electron chi connectivity index (χ0n) is 77.1. The summed E-state index contributed by atoms with van der Waals surface area (Å²) in [5, 5.41) is 0. The molecule has 0 bridgehead atoms. The van der Waals surface area contributed by atoms with Crippen LogP contribution >= 0.6 is 0 Å². The van der Waals surface area contributed by atoms with Crippen molar-refractivity contribution >= 4 is 63.1 Å². The lowest BCUT2D eigenvalue weighted by molar-refractivity contribution is -0.157. The molecule has 0 unspecified atom stereocenters. The van der Waals surface area contributed by atoms with E-state index in [9.17, 15) is 24.0 Å². The Hall–Kier alpha value is -1.94. The Morgan fingerprint density at radius 2 is 0.505 bits per heavy atom. The molecule has 0 amide bonds. The monoisotopic (exact) mass is 1570 g/mol. The zero-order chi connectivity index (χ0) is 83.1. The van der Waals surface area contributed by atoms with Crippen molar-refractivity contribution in [2.24, 2.45) is 62.6 Å². The highest BCUT2D eigenvalue weighted by Gasteiger charge is 2.46. The molecular weight excluding hydrogens is 1380 g/mol. The van der Waals surface area contributed by atoms with Crippen LogP contribution in [0, 0.1) is 62.6 Å². The molecule has 0 aromatic rings. The molecule has 14 nitrogen and oxygen atoms in total. The number of esters is 5. The first-order valence-corrected chi connectivity index (χ1v) is 50.7. The van der Waals surface area contributed by atoms with Crippen LogP contribution in [0.3, 0.4) is 0 Å². The summed E-state index contributed by atoms with van der Waals surface area (Å²) in [5.74, 6) is 1.71. The molecule has 0 radical (unpaired) electrons. The van der Waals surface area contributed by atoms with Gasteiger partial charge in [0.25, 0.3) is 0 Å². The highest BCUT2D eigenvalue weighted by Crippen LogP contribution is 2.43. The summed E-state index contributed by atoms with van der Waals surface area (Å²) in [5.41, 5.74) is 2.58. The summed E-state index contributed by atoms with van der Waals surface area (Å²) in [6, 6.07) is 4.23. The van der Waals surface area contributed by atoms with Crippen molar-refractivity contribution in [2.45, 2.75) is 418 Å². The normalized spacial score (nSPS) is 13.0. The number of hydrogen-bond acceptors (Lipinski definition) is 14. The molecule has 0 spiro atoms. The highest BCUT2D eigenvalue weighted by molar-refractivity contribution is 6.77. The molecule has 0 fully saturated rings. The second-order valence-electron chi connectivity index (χ2n) is 37.7. The van der Waals surface area contributed by atoms with Crippen LogP contribution in [0.5, 0.6) is 0 Å². The van der Waals surface area contributed by atoms with Crippen LogP contribution < -0.4 is 0 Å². The second kappa shape index (κ2) is 53.9. The summed E-state index contributed by atoms with van der Waals surface area (Å²) in [4.78, 5) is 60.5. The molecule has 18 heteroatoms. The lowest BCUT2D eigenvalue weighted by Gasteiger charge is -2.40. The summed E-state index contributed by atoms with van der Waals surface area (Å²) in [6.45, 7) is 93.6. The largest absolute Gasteiger partial charge is 0.465 e. The Kier molecular flexibility index (Phi) is 58.5. The lowest BCUT2D eigenvalue weighted by Crippen LogP contribution is -2.46. The number of carbonyl (C=O) groups excluding carboxylic acids is 5. The van der Waals surface area contributed by atoms with E-state index in [1.54, 1.807) is 0 Å². The lowest BCUT2D eigenvalue weighted by atomic mass is 9.81. The molecule has 0 aromatic carbocycles. The summed E-state index contributed by atoms with van der Waals surface area (Å²) in [6.07, 6.45) is 7.02. The Bertz CT molecular complexity index is 2250. The maximum atomic E-state index is 12.2. The first-order valence-electron chi connectivity index (χ1n) is 41.6. The van der Waals surface area contributed by atoms with Crippen LogP contribution in [0.4, 0.5) is 0 Å². The zero-order valence-corrected chi connectivity index (χ0v) is 81.1. The predicted octanol–water partition coefficient (Wildman–Crippen LogP) is 26.3. The molecule has 0 saturated carbocycles. The van der Waals surface area contributed by atoms with Gasteiger partial charge >= 0.3 is 29.8 Å². The first-order chi connectivity index (χ1) is 47.2.